The number of Topliss-reactive ketones (excluding diaryl/α,β-unsaturated/α-hetero) is 1. The van der Waals surface area contributed by atoms with Crippen molar-refractivity contribution < 1.29 is 4.79 Å². The third-order valence-electron chi connectivity index (χ3n) is 3.54. The first-order valence-electron chi connectivity index (χ1n) is 6.61. The molecule has 2 nitrogen and oxygen atoms in total. The lowest BCUT2D eigenvalue weighted by Crippen LogP contribution is -2.15. The van der Waals surface area contributed by atoms with Crippen molar-refractivity contribution in [2.24, 2.45) is 5.92 Å². The molecule has 0 bridgehead atoms. The summed E-state index contributed by atoms with van der Waals surface area (Å²) in [6, 6.07) is 9.96. The summed E-state index contributed by atoms with van der Waals surface area (Å²) in [5.41, 5.74) is 2.06. The van der Waals surface area contributed by atoms with Gasteiger partial charge in [0.05, 0.1) is 5.52 Å². The molecule has 2 heteroatoms. The SMILES string of the molecule is CCC(CC)C(=O)Cc1ccnc2ccccc12. The molecule has 94 valence electrons. The summed E-state index contributed by atoms with van der Waals surface area (Å²) < 4.78 is 0. The van der Waals surface area contributed by atoms with Gasteiger partial charge in [0.2, 0.25) is 0 Å². The van der Waals surface area contributed by atoms with Gasteiger partial charge < -0.3 is 0 Å². The standard InChI is InChI=1S/C16H19NO/c1-3-12(4-2)16(18)11-13-9-10-17-15-8-6-5-7-14(13)15/h5-10,12H,3-4,11H2,1-2H3. The van der Waals surface area contributed by atoms with Crippen LogP contribution in [0, 0.1) is 5.92 Å². The van der Waals surface area contributed by atoms with Gasteiger partial charge in [-0.05, 0) is 30.5 Å². The first-order chi connectivity index (χ1) is 8.76. The first kappa shape index (κ1) is 12.7. The fourth-order valence-electron chi connectivity index (χ4n) is 2.39. The molecule has 0 aliphatic heterocycles. The molecule has 0 atom stereocenters. The lowest BCUT2D eigenvalue weighted by Gasteiger charge is -2.12. The van der Waals surface area contributed by atoms with E-state index in [1.54, 1.807) is 6.20 Å². The molecule has 0 unspecified atom stereocenters. The topological polar surface area (TPSA) is 30.0 Å². The summed E-state index contributed by atoms with van der Waals surface area (Å²) >= 11 is 0. The number of hydrogen-bond donors (Lipinski definition) is 0. The smallest absolute Gasteiger partial charge is 0.140 e. The minimum atomic E-state index is 0.192. The molecule has 0 fully saturated rings. The van der Waals surface area contributed by atoms with Crippen molar-refractivity contribution in [3.05, 3.63) is 42.1 Å². The van der Waals surface area contributed by atoms with Gasteiger partial charge >= 0.3 is 0 Å². The Bertz CT molecular complexity index is 538. The van der Waals surface area contributed by atoms with Crippen LogP contribution in [0.4, 0.5) is 0 Å². The van der Waals surface area contributed by atoms with Crippen LogP contribution in [0.25, 0.3) is 10.9 Å². The summed E-state index contributed by atoms with van der Waals surface area (Å²) in [4.78, 5) is 16.5. The van der Waals surface area contributed by atoms with E-state index in [2.05, 4.69) is 18.8 Å². The number of rotatable bonds is 5. The Morgan fingerprint density at radius 3 is 2.61 bits per heavy atom. The van der Waals surface area contributed by atoms with Crippen LogP contribution in [-0.2, 0) is 11.2 Å². The molecule has 0 aliphatic carbocycles. The second kappa shape index (κ2) is 5.76. The zero-order chi connectivity index (χ0) is 13.0. The van der Waals surface area contributed by atoms with E-state index in [-0.39, 0.29) is 5.92 Å². The van der Waals surface area contributed by atoms with E-state index in [0.717, 1.165) is 29.3 Å². The van der Waals surface area contributed by atoms with Gasteiger partial charge in [0.25, 0.3) is 0 Å². The van der Waals surface area contributed by atoms with Gasteiger partial charge in [0, 0.05) is 23.9 Å². The summed E-state index contributed by atoms with van der Waals surface area (Å²) in [7, 11) is 0. The van der Waals surface area contributed by atoms with Gasteiger partial charge in [-0.15, -0.1) is 0 Å². The molecule has 0 radical (unpaired) electrons. The normalized spacial score (nSPS) is 11.1. The Labute approximate surface area is 108 Å². The van der Waals surface area contributed by atoms with Crippen molar-refractivity contribution in [3.8, 4) is 0 Å². The van der Waals surface area contributed by atoms with Crippen molar-refractivity contribution in [2.45, 2.75) is 33.1 Å². The number of ketones is 1. The summed E-state index contributed by atoms with van der Waals surface area (Å²) in [5, 5.41) is 1.10. The number of para-hydroxylation sites is 1. The molecule has 0 saturated carbocycles. The van der Waals surface area contributed by atoms with Crippen molar-refractivity contribution in [3.63, 3.8) is 0 Å². The second-order valence-electron chi connectivity index (χ2n) is 4.64. The number of pyridine rings is 1. The van der Waals surface area contributed by atoms with Crippen LogP contribution >= 0.6 is 0 Å². The Morgan fingerprint density at radius 2 is 1.89 bits per heavy atom. The highest BCUT2D eigenvalue weighted by Gasteiger charge is 2.15. The van der Waals surface area contributed by atoms with Crippen LogP contribution < -0.4 is 0 Å². The van der Waals surface area contributed by atoms with E-state index in [0.29, 0.717) is 12.2 Å². The monoisotopic (exact) mass is 241 g/mol. The van der Waals surface area contributed by atoms with Gasteiger partial charge in [-0.3, -0.25) is 9.78 Å². The Balaban J connectivity index is 2.29. The average molecular weight is 241 g/mol. The average Bonchev–Trinajstić information content (AvgIpc) is 2.40. The van der Waals surface area contributed by atoms with Gasteiger partial charge in [-0.25, -0.2) is 0 Å². The zero-order valence-corrected chi connectivity index (χ0v) is 11.0. The molecule has 0 amide bonds. The third-order valence-corrected chi connectivity index (χ3v) is 3.54. The number of aromatic nitrogens is 1. The highest BCUT2D eigenvalue weighted by Crippen LogP contribution is 2.19. The number of nitrogens with zero attached hydrogens (tertiary/aromatic N) is 1. The molecule has 1 heterocycles. The Morgan fingerprint density at radius 1 is 1.17 bits per heavy atom. The van der Waals surface area contributed by atoms with Gasteiger partial charge in [-0.2, -0.15) is 0 Å². The summed E-state index contributed by atoms with van der Waals surface area (Å²) in [6.07, 6.45) is 4.17. The predicted octanol–water partition coefficient (Wildman–Crippen LogP) is 3.78. The molecule has 2 rings (SSSR count). The van der Waals surface area contributed by atoms with E-state index in [4.69, 9.17) is 0 Å². The molecule has 2 aromatic rings. The molecule has 0 aliphatic rings. The highest BCUT2D eigenvalue weighted by molar-refractivity contribution is 5.89. The maximum atomic E-state index is 12.2. The fraction of sp³-hybridized carbons (Fsp3) is 0.375. The summed E-state index contributed by atoms with van der Waals surface area (Å²) in [5.74, 6) is 0.535. The van der Waals surface area contributed by atoms with E-state index in [1.165, 1.54) is 0 Å². The quantitative estimate of drug-likeness (QED) is 0.797. The molecule has 0 N–H and O–H groups in total. The van der Waals surface area contributed by atoms with Gasteiger partial charge in [0.1, 0.15) is 5.78 Å². The van der Waals surface area contributed by atoms with E-state index < -0.39 is 0 Å². The molecule has 0 spiro atoms. The molecule has 18 heavy (non-hydrogen) atoms. The van der Waals surface area contributed by atoms with E-state index >= 15 is 0 Å². The fourth-order valence-corrected chi connectivity index (χ4v) is 2.39. The molecular weight excluding hydrogens is 222 g/mol. The predicted molar refractivity (Wildman–Crippen MR) is 74.5 cm³/mol. The van der Waals surface area contributed by atoms with Crippen LogP contribution in [0.2, 0.25) is 0 Å². The van der Waals surface area contributed by atoms with Crippen molar-refractivity contribution >= 4 is 16.7 Å². The van der Waals surface area contributed by atoms with Crippen LogP contribution in [0.1, 0.15) is 32.3 Å². The summed E-state index contributed by atoms with van der Waals surface area (Å²) in [6.45, 7) is 4.16. The van der Waals surface area contributed by atoms with Crippen molar-refractivity contribution in [2.75, 3.05) is 0 Å². The number of fused-ring (bicyclic) bond motifs is 1. The number of carbonyl (C=O) groups is 1. The van der Waals surface area contributed by atoms with Crippen LogP contribution in [0.3, 0.4) is 0 Å². The maximum Gasteiger partial charge on any atom is 0.140 e. The van der Waals surface area contributed by atoms with E-state index in [9.17, 15) is 4.79 Å². The highest BCUT2D eigenvalue weighted by atomic mass is 16.1. The maximum absolute atomic E-state index is 12.2. The van der Waals surface area contributed by atoms with E-state index in [1.807, 2.05) is 30.3 Å². The Kier molecular flexibility index (Phi) is 4.08. The number of hydrogen-bond acceptors (Lipinski definition) is 2. The van der Waals surface area contributed by atoms with Crippen molar-refractivity contribution in [1.82, 2.24) is 4.98 Å². The third kappa shape index (κ3) is 2.58. The molecular formula is C16H19NO. The minimum absolute atomic E-state index is 0.192. The lowest BCUT2D eigenvalue weighted by atomic mass is 9.92. The van der Waals surface area contributed by atoms with Crippen LogP contribution in [-0.4, -0.2) is 10.8 Å². The molecule has 1 aromatic carbocycles. The lowest BCUT2D eigenvalue weighted by molar-refractivity contribution is -0.122. The first-order valence-corrected chi connectivity index (χ1v) is 6.61. The minimum Gasteiger partial charge on any atom is -0.299 e. The molecule has 1 aromatic heterocycles. The van der Waals surface area contributed by atoms with Gasteiger partial charge in [0.15, 0.2) is 0 Å². The van der Waals surface area contributed by atoms with Gasteiger partial charge in [-0.1, -0.05) is 32.0 Å². The van der Waals surface area contributed by atoms with Crippen LogP contribution in [0.15, 0.2) is 36.5 Å². The second-order valence-corrected chi connectivity index (χ2v) is 4.64. The number of benzene rings is 1. The van der Waals surface area contributed by atoms with Crippen molar-refractivity contribution in [1.29, 1.82) is 0 Å². The van der Waals surface area contributed by atoms with Crippen LogP contribution in [0.5, 0.6) is 0 Å². The molecule has 0 saturated heterocycles. The largest absolute Gasteiger partial charge is 0.299 e. The zero-order valence-electron chi connectivity index (χ0n) is 11.0. The number of carbonyl (C=O) groups excluding carboxylic acids is 1. The Hall–Kier alpha value is -1.70.